The Balaban J connectivity index is 4.12. The Hall–Kier alpha value is -0.910. The molecule has 9 nitrogen and oxygen atoms in total. The van der Waals surface area contributed by atoms with E-state index < -0.39 is 38.6 Å². The molecule has 0 aliphatic carbocycles. The first-order valence-electron chi connectivity index (χ1n) is 3.52. The monoisotopic (exact) mass is 261 g/mol. The number of carbonyl (C=O) groups is 1. The minimum Gasteiger partial charge on any atom is -0.452 e. The molecule has 0 aliphatic rings. The predicted octanol–water partition coefficient (Wildman–Crippen LogP) is -2.53. The molecule has 15 heavy (non-hydrogen) atoms. The number of methoxy groups -OCH3 is 1. The molecule has 0 aromatic carbocycles. The maximum absolute atomic E-state index is 10.9. The number of amides is 1. The van der Waals surface area contributed by atoms with Crippen molar-refractivity contribution in [3.8, 4) is 0 Å². The first-order valence-corrected chi connectivity index (χ1v) is 6.72. The number of hydrogen-bond donors (Lipinski definition) is 3. The van der Waals surface area contributed by atoms with E-state index >= 15 is 0 Å². The molecular formula is C4H11N3O6S2. The average molecular weight is 261 g/mol. The molecule has 90 valence electrons. The fourth-order valence-corrected chi connectivity index (χ4v) is 1.77. The molecule has 11 heteroatoms. The Morgan fingerprint density at radius 3 is 2.27 bits per heavy atom. The molecule has 0 unspecified atom stereocenters. The van der Waals surface area contributed by atoms with Gasteiger partial charge in [-0.2, -0.15) is 13.1 Å². The zero-order valence-electron chi connectivity index (χ0n) is 7.76. The third-order valence-electron chi connectivity index (χ3n) is 1.08. The van der Waals surface area contributed by atoms with Crippen LogP contribution in [0, 0.1) is 0 Å². The van der Waals surface area contributed by atoms with Gasteiger partial charge in [-0.1, -0.05) is 0 Å². The van der Waals surface area contributed by atoms with Crippen LogP contribution in [-0.2, 0) is 25.0 Å². The number of ether oxygens (including phenoxy) is 1. The van der Waals surface area contributed by atoms with Gasteiger partial charge in [0.15, 0.2) is 0 Å². The summed E-state index contributed by atoms with van der Waals surface area (Å²) < 4.78 is 50.0. The molecule has 1 amide bonds. The van der Waals surface area contributed by atoms with Crippen LogP contribution in [0.15, 0.2) is 0 Å². The van der Waals surface area contributed by atoms with E-state index in [1.54, 1.807) is 4.72 Å². The normalized spacial score (nSPS) is 12.1. The molecule has 0 atom stereocenters. The van der Waals surface area contributed by atoms with E-state index in [0.717, 1.165) is 7.11 Å². The van der Waals surface area contributed by atoms with Gasteiger partial charge in [0.2, 0.25) is 10.0 Å². The van der Waals surface area contributed by atoms with E-state index in [2.05, 4.69) is 9.88 Å². The van der Waals surface area contributed by atoms with Gasteiger partial charge in [-0.15, -0.1) is 0 Å². The highest BCUT2D eigenvalue weighted by Crippen LogP contribution is 1.81. The van der Waals surface area contributed by atoms with E-state index in [1.165, 1.54) is 4.72 Å². The lowest BCUT2D eigenvalue weighted by Crippen LogP contribution is -2.42. The molecular weight excluding hydrogens is 250 g/mol. The molecule has 4 N–H and O–H groups in total. The van der Waals surface area contributed by atoms with Crippen LogP contribution in [0.25, 0.3) is 0 Å². The summed E-state index contributed by atoms with van der Waals surface area (Å²) in [6.07, 6.45) is -1.18. The van der Waals surface area contributed by atoms with Crippen molar-refractivity contribution in [1.82, 2.24) is 9.44 Å². The minimum absolute atomic E-state index is 0.439. The first-order chi connectivity index (χ1) is 6.66. The predicted molar refractivity (Wildman–Crippen MR) is 50.4 cm³/mol. The highest BCUT2D eigenvalue weighted by molar-refractivity contribution is 7.89. The second kappa shape index (κ2) is 5.25. The second-order valence-corrected chi connectivity index (χ2v) is 5.59. The van der Waals surface area contributed by atoms with E-state index in [0.29, 0.717) is 0 Å². The summed E-state index contributed by atoms with van der Waals surface area (Å²) in [7, 11) is -6.88. The largest absolute Gasteiger partial charge is 0.452 e. The second-order valence-electron chi connectivity index (χ2n) is 2.36. The smallest absolute Gasteiger partial charge is 0.421 e. The van der Waals surface area contributed by atoms with Crippen LogP contribution < -0.4 is 14.6 Å². The van der Waals surface area contributed by atoms with E-state index in [-0.39, 0.29) is 0 Å². The lowest BCUT2D eigenvalue weighted by molar-refractivity contribution is 0.177. The number of sulfonamides is 1. The number of hydrogen-bond acceptors (Lipinski definition) is 6. The molecule has 0 aromatic heterocycles. The van der Waals surface area contributed by atoms with Gasteiger partial charge in [0, 0.05) is 6.54 Å². The molecule has 0 saturated heterocycles. The van der Waals surface area contributed by atoms with Crippen LogP contribution in [0.5, 0.6) is 0 Å². The van der Waals surface area contributed by atoms with Crippen molar-refractivity contribution in [1.29, 1.82) is 0 Å². The topological polar surface area (TPSA) is 145 Å². The maximum atomic E-state index is 10.9. The molecule has 0 fully saturated rings. The quantitative estimate of drug-likeness (QED) is 0.497. The summed E-state index contributed by atoms with van der Waals surface area (Å²) >= 11 is 0. The summed E-state index contributed by atoms with van der Waals surface area (Å²) in [4.78, 5) is 10.5. The third-order valence-corrected chi connectivity index (χ3v) is 2.87. The van der Waals surface area contributed by atoms with Gasteiger partial charge in [-0.05, 0) is 0 Å². The zero-order chi connectivity index (χ0) is 12.1. The van der Waals surface area contributed by atoms with Crippen molar-refractivity contribution < 1.29 is 26.4 Å². The van der Waals surface area contributed by atoms with Crippen molar-refractivity contribution in [3.05, 3.63) is 0 Å². The number of nitrogens with one attached hydrogen (secondary N) is 2. The molecule has 0 aromatic rings. The lowest BCUT2D eigenvalue weighted by Gasteiger charge is -2.06. The third kappa shape index (κ3) is 8.11. The molecule has 0 bridgehead atoms. The molecule has 0 aliphatic heterocycles. The summed E-state index contributed by atoms with van der Waals surface area (Å²) in [5.74, 6) is -0.574. The summed E-state index contributed by atoms with van der Waals surface area (Å²) in [6, 6.07) is 0. The lowest BCUT2D eigenvalue weighted by atomic mass is 10.8. The Bertz CT molecular complexity index is 412. The molecule has 0 rings (SSSR count). The summed E-state index contributed by atoms with van der Waals surface area (Å²) in [5.41, 5.74) is 0. The first kappa shape index (κ1) is 14.1. The van der Waals surface area contributed by atoms with Crippen LogP contribution in [0.1, 0.15) is 0 Å². The Morgan fingerprint density at radius 2 is 1.87 bits per heavy atom. The molecule has 0 heterocycles. The standard InChI is InChI=1S/C4H11N3O6S2/c1-13-4(8)7-15(11,12)6-2-3-14(5,9)10/h6H,2-3H2,1H3,(H,7,8)(H2,5,9,10). The van der Waals surface area contributed by atoms with Crippen LogP contribution in [0.3, 0.4) is 0 Å². The van der Waals surface area contributed by atoms with Crippen molar-refractivity contribution >= 4 is 26.3 Å². The van der Waals surface area contributed by atoms with Gasteiger partial charge >= 0.3 is 16.3 Å². The average Bonchev–Trinajstić information content (AvgIpc) is 2.00. The Kier molecular flexibility index (Phi) is 4.93. The van der Waals surface area contributed by atoms with E-state index in [1.807, 2.05) is 0 Å². The van der Waals surface area contributed by atoms with Gasteiger partial charge in [0.25, 0.3) is 0 Å². The summed E-state index contributed by atoms with van der Waals surface area (Å²) in [5, 5.41) is 4.62. The maximum Gasteiger partial charge on any atom is 0.421 e. The van der Waals surface area contributed by atoms with Gasteiger partial charge in [-0.25, -0.2) is 23.1 Å². The van der Waals surface area contributed by atoms with Gasteiger partial charge in [0.1, 0.15) is 0 Å². The van der Waals surface area contributed by atoms with Crippen molar-refractivity contribution in [2.24, 2.45) is 5.14 Å². The Labute approximate surface area is 87.2 Å². The number of rotatable bonds is 5. The number of carbonyl (C=O) groups excluding carboxylic acids is 1. The highest BCUT2D eigenvalue weighted by Gasteiger charge is 2.14. The number of nitrogens with two attached hydrogens (primary N) is 1. The van der Waals surface area contributed by atoms with Crippen molar-refractivity contribution in [3.63, 3.8) is 0 Å². The van der Waals surface area contributed by atoms with E-state index in [9.17, 15) is 21.6 Å². The molecule has 0 spiro atoms. The van der Waals surface area contributed by atoms with E-state index in [4.69, 9.17) is 0 Å². The van der Waals surface area contributed by atoms with Crippen LogP contribution in [-0.4, -0.2) is 42.3 Å². The van der Waals surface area contributed by atoms with Crippen LogP contribution in [0.2, 0.25) is 0 Å². The van der Waals surface area contributed by atoms with Gasteiger partial charge in [-0.3, -0.25) is 0 Å². The molecule has 0 radical (unpaired) electrons. The minimum atomic E-state index is -4.11. The fourth-order valence-electron chi connectivity index (χ4n) is 0.506. The molecule has 0 saturated carbocycles. The Morgan fingerprint density at radius 1 is 1.33 bits per heavy atom. The van der Waals surface area contributed by atoms with Crippen LogP contribution in [0.4, 0.5) is 4.79 Å². The van der Waals surface area contributed by atoms with Gasteiger partial charge in [0.05, 0.1) is 12.9 Å². The van der Waals surface area contributed by atoms with Gasteiger partial charge < -0.3 is 4.74 Å². The van der Waals surface area contributed by atoms with Crippen molar-refractivity contribution in [2.75, 3.05) is 19.4 Å². The summed E-state index contributed by atoms with van der Waals surface area (Å²) in [6.45, 7) is -0.439. The van der Waals surface area contributed by atoms with Crippen molar-refractivity contribution in [2.45, 2.75) is 0 Å². The fraction of sp³-hybridized carbons (Fsp3) is 0.750. The highest BCUT2D eigenvalue weighted by atomic mass is 32.2. The number of primary sulfonamides is 1. The zero-order valence-corrected chi connectivity index (χ0v) is 9.39. The SMILES string of the molecule is COC(=O)NS(=O)(=O)NCCS(N)(=O)=O. The van der Waals surface area contributed by atoms with Crippen LogP contribution >= 0.6 is 0 Å².